The van der Waals surface area contributed by atoms with Crippen LogP contribution in [0.3, 0.4) is 0 Å². The Morgan fingerprint density at radius 1 is 0.490 bits per heavy atom. The molecular formula is C46H87NO4. The van der Waals surface area contributed by atoms with Crippen molar-refractivity contribution < 1.29 is 20.1 Å². The molecule has 0 radical (unpaired) electrons. The second-order valence-corrected chi connectivity index (χ2v) is 15.3. The molecule has 0 spiro atoms. The van der Waals surface area contributed by atoms with Crippen LogP contribution >= 0.6 is 0 Å². The van der Waals surface area contributed by atoms with Crippen molar-refractivity contribution >= 4 is 5.91 Å². The van der Waals surface area contributed by atoms with Gasteiger partial charge in [0.15, 0.2) is 0 Å². The van der Waals surface area contributed by atoms with Crippen LogP contribution < -0.4 is 5.32 Å². The minimum Gasteiger partial charge on any atom is -0.394 e. The maximum Gasteiger partial charge on any atom is 0.249 e. The van der Waals surface area contributed by atoms with E-state index in [1.165, 1.54) is 167 Å². The molecule has 0 aliphatic rings. The van der Waals surface area contributed by atoms with Gasteiger partial charge in [-0.3, -0.25) is 4.79 Å². The van der Waals surface area contributed by atoms with Crippen molar-refractivity contribution in [1.82, 2.24) is 5.32 Å². The lowest BCUT2D eigenvalue weighted by Gasteiger charge is -2.21. The zero-order valence-corrected chi connectivity index (χ0v) is 34.0. The molecule has 0 aliphatic heterocycles. The van der Waals surface area contributed by atoms with Crippen LogP contribution in [-0.4, -0.2) is 46.1 Å². The minimum absolute atomic E-state index is 0.364. The summed E-state index contributed by atoms with van der Waals surface area (Å²) in [6.45, 7) is 4.15. The molecule has 5 heteroatoms. The van der Waals surface area contributed by atoms with E-state index in [0.717, 1.165) is 38.5 Å². The Bertz CT molecular complexity index is 794. The number of unbranched alkanes of at least 4 members (excludes halogenated alkanes) is 28. The maximum atomic E-state index is 12.4. The lowest BCUT2D eigenvalue weighted by molar-refractivity contribution is -0.131. The van der Waals surface area contributed by atoms with Crippen LogP contribution in [-0.2, 0) is 4.79 Å². The minimum atomic E-state index is -1.10. The van der Waals surface area contributed by atoms with Crippen molar-refractivity contribution in [1.29, 1.82) is 0 Å². The van der Waals surface area contributed by atoms with Crippen molar-refractivity contribution in [2.75, 3.05) is 6.61 Å². The third-order valence-corrected chi connectivity index (χ3v) is 10.2. The van der Waals surface area contributed by atoms with E-state index in [1.54, 1.807) is 6.08 Å². The summed E-state index contributed by atoms with van der Waals surface area (Å²) in [6.07, 6.45) is 52.0. The first kappa shape index (κ1) is 49.6. The summed E-state index contributed by atoms with van der Waals surface area (Å²) in [7, 11) is 0. The molecule has 0 aliphatic carbocycles. The zero-order chi connectivity index (χ0) is 37.3. The smallest absolute Gasteiger partial charge is 0.249 e. The van der Waals surface area contributed by atoms with E-state index < -0.39 is 24.2 Å². The number of carbonyl (C=O) groups is 1. The number of aliphatic hydroxyl groups excluding tert-OH is 3. The van der Waals surface area contributed by atoms with Gasteiger partial charge in [-0.05, 0) is 51.4 Å². The molecule has 300 valence electrons. The molecule has 0 saturated carbocycles. The molecule has 5 nitrogen and oxygen atoms in total. The summed E-state index contributed by atoms with van der Waals surface area (Å²) >= 11 is 0. The van der Waals surface area contributed by atoms with Gasteiger partial charge in [-0.2, -0.15) is 0 Å². The van der Waals surface area contributed by atoms with E-state index in [9.17, 15) is 20.1 Å². The Kier molecular flexibility index (Phi) is 40.2. The van der Waals surface area contributed by atoms with Gasteiger partial charge in [0.1, 0.15) is 6.10 Å². The third kappa shape index (κ3) is 36.7. The van der Waals surface area contributed by atoms with Crippen LogP contribution in [0, 0.1) is 0 Å². The summed E-state index contributed by atoms with van der Waals surface area (Å²) in [5, 5.41) is 33.0. The largest absolute Gasteiger partial charge is 0.394 e. The highest BCUT2D eigenvalue weighted by Crippen LogP contribution is 2.15. The quantitative estimate of drug-likeness (QED) is 0.0375. The fraction of sp³-hybridized carbons (Fsp3) is 0.848. The number of aliphatic hydroxyl groups is 3. The number of hydrogen-bond acceptors (Lipinski definition) is 4. The van der Waals surface area contributed by atoms with Gasteiger partial charge in [-0.1, -0.05) is 211 Å². The van der Waals surface area contributed by atoms with Crippen molar-refractivity contribution in [2.45, 2.75) is 244 Å². The predicted molar refractivity (Wildman–Crippen MR) is 222 cm³/mol. The van der Waals surface area contributed by atoms with Gasteiger partial charge in [0, 0.05) is 0 Å². The summed E-state index contributed by atoms with van der Waals surface area (Å²) in [4.78, 5) is 12.4. The molecule has 0 aromatic carbocycles. The van der Waals surface area contributed by atoms with Crippen LogP contribution in [0.15, 0.2) is 36.5 Å². The maximum absolute atomic E-state index is 12.4. The Labute approximate surface area is 317 Å². The molecule has 0 rings (SSSR count). The van der Waals surface area contributed by atoms with Crippen LogP contribution in [0.5, 0.6) is 0 Å². The van der Waals surface area contributed by atoms with Gasteiger partial charge < -0.3 is 20.6 Å². The normalized spacial score (nSPS) is 13.9. The Morgan fingerprint density at radius 2 is 0.843 bits per heavy atom. The highest BCUT2D eigenvalue weighted by Gasteiger charge is 2.22. The lowest BCUT2D eigenvalue weighted by atomic mass is 10.0. The fourth-order valence-corrected chi connectivity index (χ4v) is 6.69. The number of nitrogens with one attached hydrogen (secondary N) is 1. The van der Waals surface area contributed by atoms with Gasteiger partial charge in [-0.25, -0.2) is 0 Å². The topological polar surface area (TPSA) is 89.8 Å². The first-order valence-corrected chi connectivity index (χ1v) is 22.3. The average molecular weight is 718 g/mol. The molecule has 3 atom stereocenters. The second kappa shape index (κ2) is 41.3. The summed E-state index contributed by atoms with van der Waals surface area (Å²) < 4.78 is 0. The molecule has 3 unspecified atom stereocenters. The fourth-order valence-electron chi connectivity index (χ4n) is 6.69. The first-order valence-electron chi connectivity index (χ1n) is 22.3. The number of amides is 1. The van der Waals surface area contributed by atoms with Gasteiger partial charge in [-0.15, -0.1) is 0 Å². The third-order valence-electron chi connectivity index (χ3n) is 10.2. The number of rotatable bonds is 40. The van der Waals surface area contributed by atoms with Gasteiger partial charge in [0.25, 0.3) is 0 Å². The van der Waals surface area contributed by atoms with Crippen molar-refractivity contribution in [3.63, 3.8) is 0 Å². The number of allylic oxidation sites excluding steroid dienone is 5. The van der Waals surface area contributed by atoms with E-state index in [-0.39, 0.29) is 6.61 Å². The summed E-state index contributed by atoms with van der Waals surface area (Å²) in [6, 6.07) is -0.795. The molecule has 1 amide bonds. The second-order valence-electron chi connectivity index (χ2n) is 15.3. The molecule has 4 N–H and O–H groups in total. The highest BCUT2D eigenvalue weighted by atomic mass is 16.3. The van der Waals surface area contributed by atoms with Gasteiger partial charge in [0.2, 0.25) is 5.91 Å². The lowest BCUT2D eigenvalue weighted by Crippen LogP contribution is -2.48. The van der Waals surface area contributed by atoms with E-state index in [2.05, 4.69) is 43.5 Å². The molecule has 0 aromatic rings. The van der Waals surface area contributed by atoms with Crippen LogP contribution in [0.2, 0.25) is 0 Å². The van der Waals surface area contributed by atoms with Crippen LogP contribution in [0.4, 0.5) is 0 Å². The van der Waals surface area contributed by atoms with Gasteiger partial charge in [0.05, 0.1) is 18.8 Å². The SMILES string of the molecule is CCCCCCCCC/C=C/C(O)C(CO)NC(=O)C(O)CCCCCCCCCCCCCC/C=C\C/C=C\CCCCCCCCCCC. The molecule has 0 saturated heterocycles. The van der Waals surface area contributed by atoms with Crippen LogP contribution in [0.25, 0.3) is 0 Å². The van der Waals surface area contributed by atoms with E-state index in [1.807, 2.05) is 6.08 Å². The number of carbonyl (C=O) groups excluding carboxylic acids is 1. The Balaban J connectivity index is 3.56. The molecule has 0 heterocycles. The van der Waals surface area contributed by atoms with Crippen molar-refractivity contribution in [3.8, 4) is 0 Å². The molecule has 0 fully saturated rings. The van der Waals surface area contributed by atoms with E-state index in [0.29, 0.717) is 6.42 Å². The molecule has 51 heavy (non-hydrogen) atoms. The first-order chi connectivity index (χ1) is 25.1. The zero-order valence-electron chi connectivity index (χ0n) is 34.0. The molecule has 0 bridgehead atoms. The van der Waals surface area contributed by atoms with E-state index in [4.69, 9.17) is 0 Å². The standard InChI is InChI=1S/C46H87NO4/c1-3-5-7-9-11-13-14-15-16-17-18-19-20-21-22-23-24-25-26-27-28-29-30-31-33-35-37-39-41-45(50)46(51)47-43(42-48)44(49)40-38-36-34-32-12-10-8-6-4-2/h18-19,21-22,38,40,43-45,48-50H,3-17,20,23-37,39,41-42H2,1-2H3,(H,47,51)/b19-18-,22-21-,40-38+. The Morgan fingerprint density at radius 3 is 1.24 bits per heavy atom. The van der Waals surface area contributed by atoms with Crippen LogP contribution in [0.1, 0.15) is 226 Å². The number of hydrogen-bond donors (Lipinski definition) is 4. The molecular weight excluding hydrogens is 631 g/mol. The Hall–Kier alpha value is -1.43. The highest BCUT2D eigenvalue weighted by molar-refractivity contribution is 5.80. The average Bonchev–Trinajstić information content (AvgIpc) is 3.13. The van der Waals surface area contributed by atoms with Crippen molar-refractivity contribution in [2.24, 2.45) is 0 Å². The van der Waals surface area contributed by atoms with Crippen molar-refractivity contribution in [3.05, 3.63) is 36.5 Å². The predicted octanol–water partition coefficient (Wildman–Crippen LogP) is 12.8. The summed E-state index contributed by atoms with van der Waals surface area (Å²) in [5.41, 5.74) is 0. The summed E-state index contributed by atoms with van der Waals surface area (Å²) in [5.74, 6) is -0.507. The van der Waals surface area contributed by atoms with Gasteiger partial charge >= 0.3 is 0 Å². The monoisotopic (exact) mass is 718 g/mol. The van der Waals surface area contributed by atoms with E-state index >= 15 is 0 Å². The molecule has 0 aromatic heterocycles.